The van der Waals surface area contributed by atoms with Crippen LogP contribution in [0.2, 0.25) is 0 Å². The molecule has 0 radical (unpaired) electrons. The molecule has 0 amide bonds. The van der Waals surface area contributed by atoms with Crippen LogP contribution in [0.1, 0.15) is 17.0 Å². The molecule has 1 atom stereocenters. The third-order valence-electron chi connectivity index (χ3n) is 2.20. The van der Waals surface area contributed by atoms with Crippen LogP contribution in [0.25, 0.3) is 0 Å². The van der Waals surface area contributed by atoms with E-state index in [4.69, 9.17) is 10.8 Å². The highest BCUT2D eigenvalue weighted by Gasteiger charge is 2.24. The molecule has 1 rings (SSSR count). The summed E-state index contributed by atoms with van der Waals surface area (Å²) in [6, 6.07) is 3.21. The van der Waals surface area contributed by atoms with Crippen molar-refractivity contribution >= 4 is 21.9 Å². The third kappa shape index (κ3) is 2.35. The van der Waals surface area contributed by atoms with Crippen LogP contribution < -0.4 is 5.73 Å². The van der Waals surface area contributed by atoms with Crippen molar-refractivity contribution in [1.29, 1.82) is 0 Å². The molecule has 3 N–H and O–H groups in total. The number of hydrogen-bond acceptors (Lipinski definition) is 2. The molecule has 0 spiro atoms. The van der Waals surface area contributed by atoms with Gasteiger partial charge in [0.05, 0.1) is 5.92 Å². The second-order valence-corrected chi connectivity index (χ2v) is 4.07. The average Bonchev–Trinajstić information content (AvgIpc) is 2.18. The molecule has 0 heterocycles. The van der Waals surface area contributed by atoms with Crippen LogP contribution in [0.5, 0.6) is 0 Å². The summed E-state index contributed by atoms with van der Waals surface area (Å²) in [5.41, 5.74) is 5.85. The largest absolute Gasteiger partial charge is 0.481 e. The van der Waals surface area contributed by atoms with Gasteiger partial charge in [-0.1, -0.05) is 22.0 Å². The normalized spacial score (nSPS) is 12.5. The van der Waals surface area contributed by atoms with E-state index in [1.54, 1.807) is 19.1 Å². The summed E-state index contributed by atoms with van der Waals surface area (Å²) in [6.07, 6.45) is 0. The lowest BCUT2D eigenvalue weighted by Crippen LogP contribution is -2.23. The number of hydrogen-bond donors (Lipinski definition) is 2. The monoisotopic (exact) mass is 275 g/mol. The number of carboxylic acids is 1. The van der Waals surface area contributed by atoms with Crippen molar-refractivity contribution in [3.63, 3.8) is 0 Å². The number of carbonyl (C=O) groups is 1. The number of nitrogens with two attached hydrogens (primary N) is 1. The number of carboxylic acid groups (broad SMARTS) is 1. The summed E-state index contributed by atoms with van der Waals surface area (Å²) < 4.78 is 14.1. The maximum Gasteiger partial charge on any atom is 0.312 e. The Bertz CT molecular complexity index is 395. The standard InChI is InChI=1S/C10H11BrFNO2/c1-5-2-3-7(11)8(9(5)12)6(4-13)10(14)15/h2-3,6H,4,13H2,1H3,(H,14,15). The van der Waals surface area contributed by atoms with Gasteiger partial charge in [-0.3, -0.25) is 4.79 Å². The first kappa shape index (κ1) is 12.1. The Labute approximate surface area is 95.2 Å². The molecule has 3 nitrogen and oxygen atoms in total. The lowest BCUT2D eigenvalue weighted by Gasteiger charge is -2.14. The van der Waals surface area contributed by atoms with Crippen molar-refractivity contribution in [2.45, 2.75) is 12.8 Å². The van der Waals surface area contributed by atoms with Crippen LogP contribution in [-0.2, 0) is 4.79 Å². The highest BCUT2D eigenvalue weighted by atomic mass is 79.9. The molecule has 0 aromatic heterocycles. The van der Waals surface area contributed by atoms with Crippen molar-refractivity contribution < 1.29 is 14.3 Å². The Morgan fingerprint density at radius 2 is 2.27 bits per heavy atom. The van der Waals surface area contributed by atoms with Crippen LogP contribution in [0.3, 0.4) is 0 Å². The van der Waals surface area contributed by atoms with E-state index in [1.807, 2.05) is 0 Å². The molecule has 0 saturated heterocycles. The van der Waals surface area contributed by atoms with Crippen LogP contribution in [-0.4, -0.2) is 17.6 Å². The fraction of sp³-hybridized carbons (Fsp3) is 0.300. The van der Waals surface area contributed by atoms with Gasteiger partial charge in [-0.15, -0.1) is 0 Å². The molecular weight excluding hydrogens is 265 g/mol. The Hall–Kier alpha value is -0.940. The number of halogens is 2. The van der Waals surface area contributed by atoms with E-state index < -0.39 is 17.7 Å². The molecule has 0 saturated carbocycles. The van der Waals surface area contributed by atoms with E-state index in [9.17, 15) is 9.18 Å². The quantitative estimate of drug-likeness (QED) is 0.887. The fourth-order valence-electron chi connectivity index (χ4n) is 1.34. The Balaban J connectivity index is 3.34. The van der Waals surface area contributed by atoms with E-state index in [1.165, 1.54) is 0 Å². The smallest absolute Gasteiger partial charge is 0.312 e. The van der Waals surface area contributed by atoms with Gasteiger partial charge in [0, 0.05) is 16.6 Å². The van der Waals surface area contributed by atoms with Crippen molar-refractivity contribution in [2.24, 2.45) is 5.73 Å². The minimum absolute atomic E-state index is 0.116. The molecule has 0 aliphatic heterocycles. The van der Waals surface area contributed by atoms with E-state index in [0.717, 1.165) is 0 Å². The molecule has 0 aliphatic carbocycles. The molecule has 1 aromatic rings. The number of benzene rings is 1. The van der Waals surface area contributed by atoms with E-state index in [0.29, 0.717) is 10.0 Å². The summed E-state index contributed by atoms with van der Waals surface area (Å²) in [4.78, 5) is 10.9. The molecule has 15 heavy (non-hydrogen) atoms. The summed E-state index contributed by atoms with van der Waals surface area (Å²) in [5, 5.41) is 8.90. The number of aryl methyl sites for hydroxylation is 1. The van der Waals surface area contributed by atoms with Gasteiger partial charge in [-0.25, -0.2) is 4.39 Å². The Morgan fingerprint density at radius 1 is 1.67 bits per heavy atom. The van der Waals surface area contributed by atoms with Crippen molar-refractivity contribution in [1.82, 2.24) is 0 Å². The fourth-order valence-corrected chi connectivity index (χ4v) is 1.92. The molecule has 0 fully saturated rings. The summed E-state index contributed by atoms with van der Waals surface area (Å²) in [5.74, 6) is -2.65. The minimum Gasteiger partial charge on any atom is -0.481 e. The molecule has 82 valence electrons. The van der Waals surface area contributed by atoms with Crippen molar-refractivity contribution in [3.8, 4) is 0 Å². The summed E-state index contributed by atoms with van der Waals surface area (Å²) in [7, 11) is 0. The lowest BCUT2D eigenvalue weighted by atomic mass is 9.97. The van der Waals surface area contributed by atoms with E-state index >= 15 is 0 Å². The topological polar surface area (TPSA) is 63.3 Å². The molecule has 0 aliphatic rings. The first-order valence-electron chi connectivity index (χ1n) is 4.36. The zero-order valence-electron chi connectivity index (χ0n) is 8.13. The highest BCUT2D eigenvalue weighted by molar-refractivity contribution is 9.10. The van der Waals surface area contributed by atoms with Gasteiger partial charge in [-0.05, 0) is 18.6 Å². The molecular formula is C10H11BrFNO2. The van der Waals surface area contributed by atoms with Crippen LogP contribution in [0, 0.1) is 12.7 Å². The van der Waals surface area contributed by atoms with Crippen LogP contribution >= 0.6 is 15.9 Å². The van der Waals surface area contributed by atoms with Crippen molar-refractivity contribution in [2.75, 3.05) is 6.54 Å². The number of rotatable bonds is 3. The van der Waals surface area contributed by atoms with Gasteiger partial charge >= 0.3 is 5.97 Å². The Morgan fingerprint density at radius 3 is 2.73 bits per heavy atom. The van der Waals surface area contributed by atoms with Crippen molar-refractivity contribution in [3.05, 3.63) is 33.5 Å². The van der Waals surface area contributed by atoms with Gasteiger partial charge in [0.15, 0.2) is 0 Å². The summed E-state index contributed by atoms with van der Waals surface area (Å²) >= 11 is 3.13. The Kier molecular flexibility index (Phi) is 3.82. The summed E-state index contributed by atoms with van der Waals surface area (Å²) in [6.45, 7) is 1.45. The molecule has 0 bridgehead atoms. The SMILES string of the molecule is Cc1ccc(Br)c(C(CN)C(=O)O)c1F. The van der Waals surface area contributed by atoms with Crippen LogP contribution in [0.15, 0.2) is 16.6 Å². The first-order chi connectivity index (χ1) is 6.99. The predicted molar refractivity (Wildman–Crippen MR) is 58.3 cm³/mol. The zero-order valence-corrected chi connectivity index (χ0v) is 9.71. The second-order valence-electron chi connectivity index (χ2n) is 3.22. The molecule has 1 aromatic carbocycles. The molecule has 5 heteroatoms. The zero-order chi connectivity index (χ0) is 11.6. The maximum atomic E-state index is 13.7. The predicted octanol–water partition coefficient (Wildman–Crippen LogP) is 2.02. The number of aliphatic carboxylic acids is 1. The first-order valence-corrected chi connectivity index (χ1v) is 5.15. The minimum atomic E-state index is -1.12. The average molecular weight is 276 g/mol. The van der Waals surface area contributed by atoms with Gasteiger partial charge in [-0.2, -0.15) is 0 Å². The molecule has 1 unspecified atom stereocenters. The van der Waals surface area contributed by atoms with Gasteiger partial charge in [0.2, 0.25) is 0 Å². The van der Waals surface area contributed by atoms with Crippen LogP contribution in [0.4, 0.5) is 4.39 Å². The highest BCUT2D eigenvalue weighted by Crippen LogP contribution is 2.29. The lowest BCUT2D eigenvalue weighted by molar-refractivity contribution is -0.138. The third-order valence-corrected chi connectivity index (χ3v) is 2.89. The maximum absolute atomic E-state index is 13.7. The van der Waals surface area contributed by atoms with E-state index in [2.05, 4.69) is 15.9 Å². The van der Waals surface area contributed by atoms with E-state index in [-0.39, 0.29) is 12.1 Å². The van der Waals surface area contributed by atoms with Gasteiger partial charge < -0.3 is 10.8 Å². The second kappa shape index (κ2) is 4.72. The van der Waals surface area contributed by atoms with Gasteiger partial charge in [0.1, 0.15) is 5.82 Å². The van der Waals surface area contributed by atoms with Gasteiger partial charge in [0.25, 0.3) is 0 Å².